The van der Waals surface area contributed by atoms with E-state index in [1.54, 1.807) is 6.07 Å². The van der Waals surface area contributed by atoms with Crippen molar-refractivity contribution in [3.8, 4) is 0 Å². The summed E-state index contributed by atoms with van der Waals surface area (Å²) in [5.41, 5.74) is 0.376. The van der Waals surface area contributed by atoms with Crippen molar-refractivity contribution >= 4 is 28.9 Å². The van der Waals surface area contributed by atoms with E-state index in [1.165, 1.54) is 12.1 Å². The summed E-state index contributed by atoms with van der Waals surface area (Å²) in [4.78, 5) is 20.3. The lowest BCUT2D eigenvalue weighted by Crippen LogP contribution is -2.05. The van der Waals surface area contributed by atoms with Gasteiger partial charge in [0.15, 0.2) is 0 Å². The van der Waals surface area contributed by atoms with Crippen LogP contribution in [0.15, 0.2) is 18.2 Å². The first-order valence-corrected chi connectivity index (χ1v) is 5.28. The van der Waals surface area contributed by atoms with Crippen LogP contribution in [-0.4, -0.2) is 22.5 Å². The summed E-state index contributed by atoms with van der Waals surface area (Å²) in [6.07, 6.45) is 0.508. The lowest BCUT2D eigenvalue weighted by Gasteiger charge is -2.05. The molecule has 0 saturated heterocycles. The largest absolute Gasteiger partial charge is 0.481 e. The minimum absolute atomic E-state index is 0.0582. The zero-order valence-corrected chi connectivity index (χ0v) is 9.61. The number of aliphatic carboxylic acids is 1. The molecule has 1 aromatic rings. The van der Waals surface area contributed by atoms with Gasteiger partial charge in [0.2, 0.25) is 0 Å². The molecule has 6 nitrogen and oxygen atoms in total. The first-order chi connectivity index (χ1) is 8.00. The van der Waals surface area contributed by atoms with E-state index in [4.69, 9.17) is 16.7 Å². The van der Waals surface area contributed by atoms with Crippen LogP contribution >= 0.6 is 11.6 Å². The van der Waals surface area contributed by atoms with Crippen molar-refractivity contribution in [1.82, 2.24) is 0 Å². The van der Waals surface area contributed by atoms with E-state index in [-0.39, 0.29) is 17.1 Å². The Morgan fingerprint density at radius 2 is 2.24 bits per heavy atom. The number of carboxylic acid groups (broad SMARTS) is 1. The van der Waals surface area contributed by atoms with E-state index in [1.807, 2.05) is 0 Å². The van der Waals surface area contributed by atoms with Gasteiger partial charge in [0.05, 0.1) is 4.92 Å². The number of nitrogens with one attached hydrogen (secondary N) is 1. The van der Waals surface area contributed by atoms with E-state index in [0.717, 1.165) is 0 Å². The van der Waals surface area contributed by atoms with Crippen LogP contribution in [0, 0.1) is 10.1 Å². The number of nitro benzene ring substituents is 1. The van der Waals surface area contributed by atoms with Gasteiger partial charge in [-0.1, -0.05) is 11.6 Å². The summed E-state index contributed by atoms with van der Waals surface area (Å²) >= 11 is 5.65. The zero-order chi connectivity index (χ0) is 12.8. The van der Waals surface area contributed by atoms with Crippen molar-refractivity contribution in [3.63, 3.8) is 0 Å². The maximum atomic E-state index is 10.6. The maximum Gasteiger partial charge on any atom is 0.303 e. The van der Waals surface area contributed by atoms with Gasteiger partial charge < -0.3 is 10.4 Å². The number of carbonyl (C=O) groups is 1. The Morgan fingerprint density at radius 3 is 2.82 bits per heavy atom. The SMILES string of the molecule is O=C(O)CCCNc1ccc(Cl)c([N+](=O)[O-])c1. The fourth-order valence-corrected chi connectivity index (χ4v) is 1.42. The zero-order valence-electron chi connectivity index (χ0n) is 8.85. The summed E-state index contributed by atoms with van der Waals surface area (Å²) < 4.78 is 0. The van der Waals surface area contributed by atoms with Gasteiger partial charge in [-0.2, -0.15) is 0 Å². The van der Waals surface area contributed by atoms with Crippen molar-refractivity contribution in [1.29, 1.82) is 0 Å². The number of rotatable bonds is 6. The van der Waals surface area contributed by atoms with Crippen LogP contribution in [0.5, 0.6) is 0 Å². The molecule has 0 bridgehead atoms. The van der Waals surface area contributed by atoms with E-state index < -0.39 is 10.9 Å². The van der Waals surface area contributed by atoms with Gasteiger partial charge in [-0.15, -0.1) is 0 Å². The predicted molar refractivity (Wildman–Crippen MR) is 63.5 cm³/mol. The standard InChI is InChI=1S/C10H11ClN2O4/c11-8-4-3-7(6-9(8)13(16)17)12-5-1-2-10(14)15/h3-4,6,12H,1-2,5H2,(H,14,15). The third-order valence-electron chi connectivity index (χ3n) is 2.04. The van der Waals surface area contributed by atoms with Gasteiger partial charge in [0.25, 0.3) is 5.69 Å². The molecule has 0 aliphatic rings. The molecule has 1 aromatic carbocycles. The number of carboxylic acids is 1. The summed E-state index contributed by atoms with van der Waals surface area (Å²) in [7, 11) is 0. The number of nitrogens with zero attached hydrogens (tertiary/aromatic N) is 1. The molecule has 1 rings (SSSR count). The number of benzene rings is 1. The van der Waals surface area contributed by atoms with Gasteiger partial charge in [0, 0.05) is 24.7 Å². The molecule has 7 heteroatoms. The third-order valence-corrected chi connectivity index (χ3v) is 2.36. The highest BCUT2D eigenvalue weighted by Crippen LogP contribution is 2.27. The van der Waals surface area contributed by atoms with Crippen molar-refractivity contribution in [2.45, 2.75) is 12.8 Å². The van der Waals surface area contributed by atoms with Crippen LogP contribution < -0.4 is 5.32 Å². The number of hydrogen-bond donors (Lipinski definition) is 2. The van der Waals surface area contributed by atoms with E-state index in [2.05, 4.69) is 5.32 Å². The molecular weight excluding hydrogens is 248 g/mol. The molecule has 17 heavy (non-hydrogen) atoms. The van der Waals surface area contributed by atoms with Gasteiger partial charge in [-0.25, -0.2) is 0 Å². The van der Waals surface area contributed by atoms with Crippen molar-refractivity contribution in [2.24, 2.45) is 0 Å². The minimum atomic E-state index is -0.867. The summed E-state index contributed by atoms with van der Waals surface area (Å²) in [5.74, 6) is -0.867. The quantitative estimate of drug-likeness (QED) is 0.465. The number of nitro groups is 1. The highest BCUT2D eigenvalue weighted by atomic mass is 35.5. The Morgan fingerprint density at radius 1 is 1.53 bits per heavy atom. The first-order valence-electron chi connectivity index (χ1n) is 4.90. The summed E-state index contributed by atoms with van der Waals surface area (Å²) in [5, 5.41) is 22.0. The first kappa shape index (κ1) is 13.2. The molecule has 0 unspecified atom stereocenters. The van der Waals surface area contributed by atoms with Gasteiger partial charge in [0.1, 0.15) is 5.02 Å². The van der Waals surface area contributed by atoms with Crippen molar-refractivity contribution < 1.29 is 14.8 Å². The molecule has 0 aromatic heterocycles. The van der Waals surface area contributed by atoms with Crippen molar-refractivity contribution in [3.05, 3.63) is 33.3 Å². The number of anilines is 1. The second kappa shape index (κ2) is 6.05. The second-order valence-corrected chi connectivity index (χ2v) is 3.75. The maximum absolute atomic E-state index is 10.6. The lowest BCUT2D eigenvalue weighted by atomic mass is 10.2. The normalized spacial score (nSPS) is 9.94. The van der Waals surface area contributed by atoms with E-state index >= 15 is 0 Å². The number of hydrogen-bond acceptors (Lipinski definition) is 4. The summed E-state index contributed by atoms with van der Waals surface area (Å²) in [6, 6.07) is 4.36. The molecule has 0 heterocycles. The fourth-order valence-electron chi connectivity index (χ4n) is 1.23. The topological polar surface area (TPSA) is 92.5 Å². The molecule has 2 N–H and O–H groups in total. The Bertz CT molecular complexity index is 436. The molecule has 92 valence electrons. The average Bonchev–Trinajstić information content (AvgIpc) is 2.25. The lowest BCUT2D eigenvalue weighted by molar-refractivity contribution is -0.384. The van der Waals surface area contributed by atoms with Crippen LogP contribution in [0.25, 0.3) is 0 Å². The highest BCUT2D eigenvalue weighted by Gasteiger charge is 2.12. The minimum Gasteiger partial charge on any atom is -0.481 e. The smallest absolute Gasteiger partial charge is 0.303 e. The third kappa shape index (κ3) is 4.28. The highest BCUT2D eigenvalue weighted by molar-refractivity contribution is 6.32. The number of halogens is 1. The predicted octanol–water partition coefficient (Wildman–Crippen LogP) is 2.52. The van der Waals surface area contributed by atoms with Crippen LogP contribution in [0.2, 0.25) is 5.02 Å². The Hall–Kier alpha value is -1.82. The fraction of sp³-hybridized carbons (Fsp3) is 0.300. The summed E-state index contributed by atoms with van der Waals surface area (Å²) in [6.45, 7) is 0.436. The van der Waals surface area contributed by atoms with Gasteiger partial charge in [-0.3, -0.25) is 14.9 Å². The molecule has 0 radical (unpaired) electrons. The molecule has 0 aliphatic carbocycles. The second-order valence-electron chi connectivity index (χ2n) is 3.35. The Balaban J connectivity index is 2.57. The molecule has 0 aliphatic heterocycles. The van der Waals surface area contributed by atoms with Crippen LogP contribution in [0.4, 0.5) is 11.4 Å². The van der Waals surface area contributed by atoms with E-state index in [0.29, 0.717) is 18.7 Å². The molecule has 0 saturated carbocycles. The average molecular weight is 259 g/mol. The monoisotopic (exact) mass is 258 g/mol. The molecule has 0 fully saturated rings. The Labute approximate surface area is 102 Å². The van der Waals surface area contributed by atoms with Crippen LogP contribution in [0.3, 0.4) is 0 Å². The van der Waals surface area contributed by atoms with Crippen molar-refractivity contribution in [2.75, 3.05) is 11.9 Å². The molecule has 0 amide bonds. The van der Waals surface area contributed by atoms with Gasteiger partial charge >= 0.3 is 5.97 Å². The molecular formula is C10H11ClN2O4. The van der Waals surface area contributed by atoms with Crippen LogP contribution in [-0.2, 0) is 4.79 Å². The Kier molecular flexibility index (Phi) is 4.71. The van der Waals surface area contributed by atoms with E-state index in [9.17, 15) is 14.9 Å². The van der Waals surface area contributed by atoms with Gasteiger partial charge in [-0.05, 0) is 18.6 Å². The molecule has 0 spiro atoms. The molecule has 0 atom stereocenters. The van der Waals surface area contributed by atoms with Crippen LogP contribution in [0.1, 0.15) is 12.8 Å².